The molecule has 0 spiro atoms. The lowest BCUT2D eigenvalue weighted by Gasteiger charge is -2.18. The van der Waals surface area contributed by atoms with Gasteiger partial charge in [0.05, 0.1) is 10.9 Å². The fourth-order valence-electron chi connectivity index (χ4n) is 2.04. The van der Waals surface area contributed by atoms with Crippen molar-refractivity contribution in [2.45, 2.75) is 19.0 Å². The molecule has 0 unspecified atom stereocenters. The number of nitriles is 1. The first-order valence-electron chi connectivity index (χ1n) is 5.35. The maximum atomic E-state index is 11.0. The number of hydrogen-bond donors (Lipinski definition) is 0. The second kappa shape index (κ2) is 5.13. The maximum Gasteiger partial charge on any atom is 0.215 e. The first-order valence-corrected chi connectivity index (χ1v) is 6.42. The molecular weight excluding hydrogens is 236 g/mol. The van der Waals surface area contributed by atoms with E-state index in [1.807, 2.05) is 35.2 Å². The number of likely N-dealkylation sites (tertiary alicyclic amines) is 1. The summed E-state index contributed by atoms with van der Waals surface area (Å²) >= 11 is 0. The molecule has 1 aliphatic heterocycles. The van der Waals surface area contributed by atoms with Gasteiger partial charge in [-0.3, -0.25) is 4.90 Å². The van der Waals surface area contributed by atoms with Gasteiger partial charge in [0, 0.05) is 13.1 Å². The average molecular weight is 248 g/mol. The summed E-state index contributed by atoms with van der Waals surface area (Å²) in [4.78, 5) is 2.20. The predicted molar refractivity (Wildman–Crippen MR) is 64.8 cm³/mol. The van der Waals surface area contributed by atoms with Crippen LogP contribution >= 0.6 is 0 Å². The summed E-state index contributed by atoms with van der Waals surface area (Å²) < 4.78 is 21.9. The van der Waals surface area contributed by atoms with Gasteiger partial charge in [-0.25, -0.2) is 0 Å². The number of benzene rings is 1. The smallest absolute Gasteiger partial charge is 0.215 e. The van der Waals surface area contributed by atoms with Crippen LogP contribution in [0.1, 0.15) is 12.0 Å². The molecular formula is C12H12N2O2S. The first kappa shape index (κ1) is 11.8. The number of rotatable bonds is 2. The van der Waals surface area contributed by atoms with E-state index < -0.39 is 16.3 Å². The summed E-state index contributed by atoms with van der Waals surface area (Å²) in [5.41, 5.74) is 1.09. The van der Waals surface area contributed by atoms with Crippen LogP contribution in [0, 0.1) is 11.3 Å². The molecule has 2 rings (SSSR count). The van der Waals surface area contributed by atoms with Gasteiger partial charge in [0.1, 0.15) is 6.04 Å². The van der Waals surface area contributed by atoms with Crippen molar-refractivity contribution in [1.29, 1.82) is 5.26 Å². The van der Waals surface area contributed by atoms with Crippen LogP contribution in [0.3, 0.4) is 0 Å². The SMILES string of the molecule is N#C[C@H]1C(=S(=O)=O)CCN1Cc1ccccc1. The molecule has 88 valence electrons. The molecule has 0 bridgehead atoms. The third-order valence-corrected chi connectivity index (χ3v) is 3.74. The van der Waals surface area contributed by atoms with Gasteiger partial charge in [-0.15, -0.1) is 0 Å². The summed E-state index contributed by atoms with van der Waals surface area (Å²) in [6.45, 7) is 1.23. The molecule has 1 aliphatic rings. The number of hydrogen-bond acceptors (Lipinski definition) is 4. The van der Waals surface area contributed by atoms with Crippen LogP contribution in [0.4, 0.5) is 0 Å². The van der Waals surface area contributed by atoms with E-state index in [2.05, 4.69) is 6.07 Å². The largest absolute Gasteiger partial charge is 0.279 e. The van der Waals surface area contributed by atoms with Gasteiger partial charge in [0.15, 0.2) is 0 Å². The zero-order valence-corrected chi connectivity index (χ0v) is 10.0. The highest BCUT2D eigenvalue weighted by Gasteiger charge is 2.31. The average Bonchev–Trinajstić information content (AvgIpc) is 2.73. The Morgan fingerprint density at radius 1 is 1.35 bits per heavy atom. The molecule has 17 heavy (non-hydrogen) atoms. The fourth-order valence-corrected chi connectivity index (χ4v) is 2.68. The van der Waals surface area contributed by atoms with E-state index in [0.717, 1.165) is 5.56 Å². The summed E-state index contributed by atoms with van der Waals surface area (Å²) in [6.07, 6.45) is 0.459. The molecule has 0 aromatic heterocycles. The van der Waals surface area contributed by atoms with Gasteiger partial charge in [-0.05, 0) is 12.0 Å². The maximum absolute atomic E-state index is 11.0. The van der Waals surface area contributed by atoms with Crippen molar-refractivity contribution >= 4 is 15.2 Å². The lowest BCUT2D eigenvalue weighted by Crippen LogP contribution is -2.31. The minimum atomic E-state index is -2.25. The molecule has 4 nitrogen and oxygen atoms in total. The molecule has 0 radical (unpaired) electrons. The summed E-state index contributed by atoms with van der Waals surface area (Å²) in [5.74, 6) is 0. The standard InChI is InChI=1S/C12H12N2O2S/c13-8-11-12(17(15)16)6-7-14(11)9-10-4-2-1-3-5-10/h1-5,11H,6-7,9H2/t11-/m0/s1. The molecule has 0 N–H and O–H groups in total. The Kier molecular flexibility index (Phi) is 3.57. The highest BCUT2D eigenvalue weighted by atomic mass is 32.2. The van der Waals surface area contributed by atoms with Crippen molar-refractivity contribution in [3.05, 3.63) is 35.9 Å². The van der Waals surface area contributed by atoms with Crippen molar-refractivity contribution in [3.63, 3.8) is 0 Å². The van der Waals surface area contributed by atoms with E-state index in [1.165, 1.54) is 0 Å². The lowest BCUT2D eigenvalue weighted by molar-refractivity contribution is 0.303. The third kappa shape index (κ3) is 2.54. The highest BCUT2D eigenvalue weighted by Crippen LogP contribution is 2.17. The van der Waals surface area contributed by atoms with Crippen LogP contribution < -0.4 is 0 Å². The molecule has 0 saturated carbocycles. The zero-order valence-electron chi connectivity index (χ0n) is 9.20. The summed E-state index contributed by atoms with van der Waals surface area (Å²) in [7, 11) is -2.25. The second-order valence-electron chi connectivity index (χ2n) is 3.94. The van der Waals surface area contributed by atoms with Crippen LogP contribution in [-0.4, -0.2) is 30.8 Å². The fraction of sp³-hybridized carbons (Fsp3) is 0.333. The minimum absolute atomic E-state index is 0.309. The van der Waals surface area contributed by atoms with Crippen molar-refractivity contribution in [2.24, 2.45) is 0 Å². The van der Waals surface area contributed by atoms with Crippen molar-refractivity contribution < 1.29 is 8.42 Å². The normalized spacial score (nSPS) is 20.2. The molecule has 1 atom stereocenters. The van der Waals surface area contributed by atoms with Gasteiger partial charge in [0.25, 0.3) is 0 Å². The van der Waals surface area contributed by atoms with E-state index >= 15 is 0 Å². The zero-order chi connectivity index (χ0) is 12.3. The molecule has 1 fully saturated rings. The van der Waals surface area contributed by atoms with Crippen LogP contribution in [0.25, 0.3) is 0 Å². The van der Waals surface area contributed by atoms with Crippen molar-refractivity contribution in [1.82, 2.24) is 4.90 Å². The Morgan fingerprint density at radius 2 is 2.06 bits per heavy atom. The molecule has 1 saturated heterocycles. The Hall–Kier alpha value is -1.64. The Balaban J connectivity index is 2.20. The van der Waals surface area contributed by atoms with Crippen LogP contribution in [0.5, 0.6) is 0 Å². The van der Waals surface area contributed by atoms with Gasteiger partial charge in [-0.1, -0.05) is 30.3 Å². The van der Waals surface area contributed by atoms with E-state index in [0.29, 0.717) is 24.4 Å². The Labute approximate surface area is 102 Å². The minimum Gasteiger partial charge on any atom is -0.279 e. The van der Waals surface area contributed by atoms with Crippen molar-refractivity contribution in [2.75, 3.05) is 6.54 Å². The molecule has 0 amide bonds. The monoisotopic (exact) mass is 248 g/mol. The quantitative estimate of drug-likeness (QED) is 0.727. The lowest BCUT2D eigenvalue weighted by atomic mass is 10.2. The molecule has 1 aromatic carbocycles. The van der Waals surface area contributed by atoms with Gasteiger partial charge < -0.3 is 0 Å². The predicted octanol–water partition coefficient (Wildman–Crippen LogP) is 0.836. The van der Waals surface area contributed by atoms with Gasteiger partial charge >= 0.3 is 0 Å². The molecule has 1 heterocycles. The van der Waals surface area contributed by atoms with Crippen molar-refractivity contribution in [3.8, 4) is 6.07 Å². The topological polar surface area (TPSA) is 61.2 Å². The highest BCUT2D eigenvalue weighted by molar-refractivity contribution is 7.73. The van der Waals surface area contributed by atoms with Crippen LogP contribution in [0.2, 0.25) is 0 Å². The first-order chi connectivity index (χ1) is 8.22. The summed E-state index contributed by atoms with van der Waals surface area (Å²) in [6, 6.07) is 11.2. The van der Waals surface area contributed by atoms with Gasteiger partial charge in [0.2, 0.25) is 10.3 Å². The van der Waals surface area contributed by atoms with E-state index in [1.54, 1.807) is 0 Å². The van der Waals surface area contributed by atoms with Crippen LogP contribution in [-0.2, 0) is 16.8 Å². The second-order valence-corrected chi connectivity index (χ2v) is 4.93. The van der Waals surface area contributed by atoms with E-state index in [9.17, 15) is 8.42 Å². The summed E-state index contributed by atoms with van der Waals surface area (Å²) in [5, 5.41) is 9.05. The van der Waals surface area contributed by atoms with E-state index in [4.69, 9.17) is 5.26 Å². The van der Waals surface area contributed by atoms with Crippen LogP contribution in [0.15, 0.2) is 30.3 Å². The Bertz CT molecular complexity index is 564. The molecule has 1 aromatic rings. The Morgan fingerprint density at radius 3 is 2.65 bits per heavy atom. The molecule has 0 aliphatic carbocycles. The van der Waals surface area contributed by atoms with Gasteiger partial charge in [-0.2, -0.15) is 13.7 Å². The molecule has 5 heteroatoms. The van der Waals surface area contributed by atoms with E-state index in [-0.39, 0.29) is 0 Å². The third-order valence-electron chi connectivity index (χ3n) is 2.88. The number of nitrogens with zero attached hydrogens (tertiary/aromatic N) is 2.